The van der Waals surface area contributed by atoms with Gasteiger partial charge in [0.2, 0.25) is 0 Å². The first-order chi connectivity index (χ1) is 8.56. The molecule has 2 bridgehead atoms. The highest BCUT2D eigenvalue weighted by atomic mass is 16.3. The van der Waals surface area contributed by atoms with Gasteiger partial charge in [-0.25, -0.2) is 0 Å². The normalized spacial score (nSPS) is 48.0. The molecule has 18 heavy (non-hydrogen) atoms. The van der Waals surface area contributed by atoms with Gasteiger partial charge in [0.25, 0.3) is 0 Å². The third-order valence-electron chi connectivity index (χ3n) is 6.43. The van der Waals surface area contributed by atoms with Gasteiger partial charge in [0.05, 0.1) is 5.60 Å². The van der Waals surface area contributed by atoms with Gasteiger partial charge in [-0.15, -0.1) is 0 Å². The molecule has 1 N–H and O–H groups in total. The predicted molar refractivity (Wildman–Crippen MR) is 75.3 cm³/mol. The van der Waals surface area contributed by atoms with Crippen LogP contribution in [0.2, 0.25) is 0 Å². The Bertz CT molecular complexity index is 288. The summed E-state index contributed by atoms with van der Waals surface area (Å²) in [6.45, 7) is 4.68. The molecule has 3 saturated carbocycles. The second-order valence-electron chi connectivity index (χ2n) is 7.94. The maximum Gasteiger partial charge on any atom is 0.0650 e. The molecule has 3 atom stereocenters. The third kappa shape index (κ3) is 2.48. The summed E-state index contributed by atoms with van der Waals surface area (Å²) in [5.74, 6) is 4.53. The third-order valence-corrected chi connectivity index (χ3v) is 6.43. The lowest BCUT2D eigenvalue weighted by Crippen LogP contribution is -2.38. The Morgan fingerprint density at radius 1 is 1.06 bits per heavy atom. The van der Waals surface area contributed by atoms with Crippen molar-refractivity contribution in [2.75, 3.05) is 0 Å². The van der Waals surface area contributed by atoms with Crippen molar-refractivity contribution in [3.05, 3.63) is 0 Å². The maximum absolute atomic E-state index is 10.9. The van der Waals surface area contributed by atoms with Gasteiger partial charge in [0.1, 0.15) is 0 Å². The van der Waals surface area contributed by atoms with Crippen LogP contribution in [0, 0.1) is 29.6 Å². The molecule has 0 spiro atoms. The van der Waals surface area contributed by atoms with E-state index in [1.165, 1.54) is 38.5 Å². The van der Waals surface area contributed by atoms with Crippen molar-refractivity contribution in [1.29, 1.82) is 0 Å². The van der Waals surface area contributed by atoms with Crippen molar-refractivity contribution >= 4 is 0 Å². The molecule has 1 heteroatoms. The maximum atomic E-state index is 10.9. The molecule has 0 radical (unpaired) electrons. The van der Waals surface area contributed by atoms with E-state index >= 15 is 0 Å². The average Bonchev–Trinajstić information content (AvgIpc) is 2.91. The summed E-state index contributed by atoms with van der Waals surface area (Å²) in [6, 6.07) is 0. The highest BCUT2D eigenvalue weighted by Crippen LogP contribution is 2.52. The molecule has 3 fully saturated rings. The van der Waals surface area contributed by atoms with Crippen LogP contribution < -0.4 is 0 Å². The number of hydrogen-bond donors (Lipinski definition) is 1. The molecule has 1 nitrogen and oxygen atoms in total. The largest absolute Gasteiger partial charge is 0.390 e. The Kier molecular flexibility index (Phi) is 3.47. The molecule has 104 valence electrons. The molecule has 0 aromatic heterocycles. The van der Waals surface area contributed by atoms with Crippen molar-refractivity contribution in [2.24, 2.45) is 29.6 Å². The van der Waals surface area contributed by atoms with E-state index in [0.29, 0.717) is 0 Å². The Morgan fingerprint density at radius 3 is 2.28 bits per heavy atom. The quantitative estimate of drug-likeness (QED) is 0.787. The van der Waals surface area contributed by atoms with Crippen LogP contribution in [-0.4, -0.2) is 10.7 Å². The van der Waals surface area contributed by atoms with Gasteiger partial charge >= 0.3 is 0 Å². The van der Waals surface area contributed by atoms with Gasteiger partial charge in [-0.05, 0) is 81.0 Å². The molecule has 3 aliphatic rings. The SMILES string of the molecule is CC(C)C1CCC(O)(CC2CC3CCC2C3)CC1. The van der Waals surface area contributed by atoms with E-state index in [1.807, 2.05) is 0 Å². The van der Waals surface area contributed by atoms with Crippen LogP contribution in [0.4, 0.5) is 0 Å². The lowest BCUT2D eigenvalue weighted by molar-refractivity contribution is -0.0397. The summed E-state index contributed by atoms with van der Waals surface area (Å²) in [4.78, 5) is 0. The molecular formula is C17H30O. The van der Waals surface area contributed by atoms with Crippen LogP contribution in [0.3, 0.4) is 0 Å². The predicted octanol–water partition coefficient (Wildman–Crippen LogP) is 4.39. The number of rotatable bonds is 3. The zero-order valence-electron chi connectivity index (χ0n) is 12.2. The molecule has 0 aliphatic heterocycles. The smallest absolute Gasteiger partial charge is 0.0650 e. The molecule has 3 unspecified atom stereocenters. The summed E-state index contributed by atoms with van der Waals surface area (Å²) < 4.78 is 0. The molecule has 0 amide bonds. The number of hydrogen-bond acceptors (Lipinski definition) is 1. The van der Waals surface area contributed by atoms with E-state index in [-0.39, 0.29) is 5.60 Å². The highest BCUT2D eigenvalue weighted by molar-refractivity contribution is 4.95. The average molecular weight is 250 g/mol. The first-order valence-electron chi connectivity index (χ1n) is 8.28. The second kappa shape index (κ2) is 4.81. The van der Waals surface area contributed by atoms with E-state index in [2.05, 4.69) is 13.8 Å². The van der Waals surface area contributed by atoms with Gasteiger partial charge in [0.15, 0.2) is 0 Å². The number of aliphatic hydroxyl groups is 1. The lowest BCUT2D eigenvalue weighted by atomic mass is 9.70. The van der Waals surface area contributed by atoms with Gasteiger partial charge in [-0.2, -0.15) is 0 Å². The summed E-state index contributed by atoms with van der Waals surface area (Å²) in [5.41, 5.74) is -0.291. The van der Waals surface area contributed by atoms with Gasteiger partial charge < -0.3 is 5.11 Å². The van der Waals surface area contributed by atoms with E-state index in [0.717, 1.165) is 48.9 Å². The van der Waals surface area contributed by atoms with E-state index in [9.17, 15) is 5.11 Å². The van der Waals surface area contributed by atoms with Crippen molar-refractivity contribution in [3.63, 3.8) is 0 Å². The Labute approximate surface area is 112 Å². The Hall–Kier alpha value is -0.0400. The van der Waals surface area contributed by atoms with Crippen LogP contribution in [0.1, 0.15) is 71.6 Å². The Balaban J connectivity index is 1.53. The summed E-state index contributed by atoms with van der Waals surface area (Å²) in [5, 5.41) is 10.9. The van der Waals surface area contributed by atoms with E-state index < -0.39 is 0 Å². The van der Waals surface area contributed by atoms with Gasteiger partial charge in [-0.3, -0.25) is 0 Å². The molecule has 3 rings (SSSR count). The van der Waals surface area contributed by atoms with Gasteiger partial charge in [0, 0.05) is 0 Å². The van der Waals surface area contributed by atoms with Crippen LogP contribution in [0.25, 0.3) is 0 Å². The van der Waals surface area contributed by atoms with Crippen molar-refractivity contribution in [2.45, 2.75) is 77.2 Å². The summed E-state index contributed by atoms with van der Waals surface area (Å²) in [6.07, 6.45) is 11.6. The molecule has 0 aromatic carbocycles. The summed E-state index contributed by atoms with van der Waals surface area (Å²) in [7, 11) is 0. The minimum absolute atomic E-state index is 0.291. The standard InChI is InChI=1S/C17H30O/c1-12(2)14-5-7-17(18,8-6-14)11-16-10-13-3-4-15(16)9-13/h12-16,18H,3-11H2,1-2H3. The molecule has 0 saturated heterocycles. The van der Waals surface area contributed by atoms with Crippen molar-refractivity contribution in [1.82, 2.24) is 0 Å². The van der Waals surface area contributed by atoms with E-state index in [1.54, 1.807) is 0 Å². The van der Waals surface area contributed by atoms with Crippen LogP contribution in [-0.2, 0) is 0 Å². The van der Waals surface area contributed by atoms with Crippen LogP contribution in [0.5, 0.6) is 0 Å². The fraction of sp³-hybridized carbons (Fsp3) is 1.00. The van der Waals surface area contributed by atoms with Crippen molar-refractivity contribution in [3.8, 4) is 0 Å². The fourth-order valence-corrected chi connectivity index (χ4v) is 5.16. The first-order valence-corrected chi connectivity index (χ1v) is 8.28. The lowest BCUT2D eigenvalue weighted by Gasteiger charge is -2.40. The zero-order valence-corrected chi connectivity index (χ0v) is 12.2. The first kappa shape index (κ1) is 13.0. The van der Waals surface area contributed by atoms with Gasteiger partial charge in [-0.1, -0.05) is 20.3 Å². The van der Waals surface area contributed by atoms with E-state index in [4.69, 9.17) is 0 Å². The molecule has 3 aliphatic carbocycles. The highest BCUT2D eigenvalue weighted by Gasteiger charge is 2.44. The minimum Gasteiger partial charge on any atom is -0.390 e. The summed E-state index contributed by atoms with van der Waals surface area (Å²) >= 11 is 0. The molecule has 0 heterocycles. The molecule has 0 aromatic rings. The monoisotopic (exact) mass is 250 g/mol. The van der Waals surface area contributed by atoms with Crippen molar-refractivity contribution < 1.29 is 5.11 Å². The zero-order chi connectivity index (χ0) is 12.8. The molecular weight excluding hydrogens is 220 g/mol. The minimum atomic E-state index is -0.291. The second-order valence-corrected chi connectivity index (χ2v) is 7.94. The fourth-order valence-electron chi connectivity index (χ4n) is 5.16. The van der Waals surface area contributed by atoms with Crippen LogP contribution >= 0.6 is 0 Å². The van der Waals surface area contributed by atoms with Crippen LogP contribution in [0.15, 0.2) is 0 Å². The number of fused-ring (bicyclic) bond motifs is 2. The Morgan fingerprint density at radius 2 is 1.78 bits per heavy atom. The topological polar surface area (TPSA) is 20.2 Å².